The summed E-state index contributed by atoms with van der Waals surface area (Å²) in [7, 11) is 0. The number of carbonyl (C=O) groups excluding carboxylic acids is 2. The molecule has 2 saturated carbocycles. The summed E-state index contributed by atoms with van der Waals surface area (Å²) in [6, 6.07) is 16.3. The first-order valence-corrected chi connectivity index (χ1v) is 25.0. The van der Waals surface area contributed by atoms with E-state index in [1.807, 2.05) is 0 Å². The van der Waals surface area contributed by atoms with Gasteiger partial charge in [0, 0.05) is 55.3 Å². The molecular formula is C55H65N3O4. The Hall–Kier alpha value is -3.94. The van der Waals surface area contributed by atoms with Crippen LogP contribution in [-0.2, 0) is 39.1 Å². The molecule has 3 spiro atoms. The molecule has 5 fully saturated rings. The quantitative estimate of drug-likeness (QED) is 0.308. The lowest BCUT2D eigenvalue weighted by Crippen LogP contribution is -2.77. The first-order chi connectivity index (χ1) is 30.4. The molecule has 0 amide bonds. The fourth-order valence-corrected chi connectivity index (χ4v) is 17.1. The summed E-state index contributed by atoms with van der Waals surface area (Å²) in [5.41, 5.74) is 14.7. The molecule has 6 aliphatic carbocycles. The van der Waals surface area contributed by atoms with E-state index in [-0.39, 0.29) is 23.8 Å². The Morgan fingerprint density at radius 2 is 1.69 bits per heavy atom. The maximum Gasteiger partial charge on any atom is 0.339 e. The summed E-state index contributed by atoms with van der Waals surface area (Å²) in [5, 5.41) is 0. The third-order valence-electron chi connectivity index (χ3n) is 19.1. The lowest BCUT2D eigenvalue weighted by molar-refractivity contribution is -0.275. The first-order valence-electron chi connectivity index (χ1n) is 25.0. The van der Waals surface area contributed by atoms with Crippen LogP contribution in [0, 0.1) is 52.3 Å². The zero-order chi connectivity index (χ0) is 41.5. The van der Waals surface area contributed by atoms with Gasteiger partial charge >= 0.3 is 11.9 Å². The number of piperidine rings is 2. The van der Waals surface area contributed by atoms with Crippen molar-refractivity contribution in [2.45, 2.75) is 121 Å². The molecule has 62 heavy (non-hydrogen) atoms. The minimum atomic E-state index is -0.992. The average Bonchev–Trinajstić information content (AvgIpc) is 3.97. The molecule has 0 aromatic heterocycles. The van der Waals surface area contributed by atoms with Crippen molar-refractivity contribution in [1.29, 1.82) is 0 Å². The van der Waals surface area contributed by atoms with Gasteiger partial charge in [0.2, 0.25) is 0 Å². The predicted octanol–water partition coefficient (Wildman–Crippen LogP) is 9.36. The summed E-state index contributed by atoms with van der Waals surface area (Å²) >= 11 is 0. The number of nitrogens with two attached hydrogens (primary N) is 1. The van der Waals surface area contributed by atoms with Crippen LogP contribution in [-0.4, -0.2) is 60.5 Å². The van der Waals surface area contributed by atoms with E-state index in [9.17, 15) is 4.79 Å². The van der Waals surface area contributed by atoms with E-state index >= 15 is 4.79 Å². The number of rotatable bonds is 4. The zero-order valence-electron chi connectivity index (χ0n) is 36.8. The molecule has 1 unspecified atom stereocenters. The molecular weight excluding hydrogens is 767 g/mol. The number of ether oxygens (including phenoxy) is 2. The number of nitrogens with zero attached hydrogens (tertiary/aromatic N) is 2. The van der Waals surface area contributed by atoms with Crippen LogP contribution in [0.15, 0.2) is 88.9 Å². The van der Waals surface area contributed by atoms with Crippen LogP contribution in [0.4, 0.5) is 0 Å². The first kappa shape index (κ1) is 38.5. The molecule has 7 nitrogen and oxygen atoms in total. The highest BCUT2D eigenvalue weighted by atomic mass is 16.6. The van der Waals surface area contributed by atoms with Crippen LogP contribution in [0.1, 0.15) is 123 Å². The fraction of sp³-hybridized carbons (Fsp3) is 0.600. The van der Waals surface area contributed by atoms with Gasteiger partial charge in [-0.2, -0.15) is 0 Å². The van der Waals surface area contributed by atoms with Crippen molar-refractivity contribution in [2.75, 3.05) is 32.7 Å². The summed E-state index contributed by atoms with van der Waals surface area (Å²) in [6.07, 6.45) is 24.0. The van der Waals surface area contributed by atoms with Crippen LogP contribution in [0.3, 0.4) is 0 Å². The molecule has 2 aromatic rings. The van der Waals surface area contributed by atoms with Crippen LogP contribution in [0.5, 0.6) is 0 Å². The van der Waals surface area contributed by atoms with E-state index in [1.54, 1.807) is 5.70 Å². The molecule has 14 aliphatic rings. The molecule has 8 aliphatic heterocycles. The molecule has 8 heterocycles. The van der Waals surface area contributed by atoms with Crippen LogP contribution >= 0.6 is 0 Å². The highest BCUT2D eigenvalue weighted by Gasteiger charge is 2.92. The van der Waals surface area contributed by atoms with Crippen molar-refractivity contribution in [2.24, 2.45) is 58.0 Å². The smallest absolute Gasteiger partial charge is 0.339 e. The van der Waals surface area contributed by atoms with Gasteiger partial charge in [-0.25, -0.2) is 4.79 Å². The lowest BCUT2D eigenvalue weighted by Gasteiger charge is -2.71. The van der Waals surface area contributed by atoms with Gasteiger partial charge in [0.05, 0.1) is 11.0 Å². The van der Waals surface area contributed by atoms with E-state index in [2.05, 4.69) is 77.4 Å². The largest absolute Gasteiger partial charge is 0.449 e. The number of hydrogen-bond acceptors (Lipinski definition) is 7. The Morgan fingerprint density at radius 3 is 2.53 bits per heavy atom. The van der Waals surface area contributed by atoms with Crippen LogP contribution < -0.4 is 5.73 Å². The normalized spacial score (nSPS) is 40.9. The maximum absolute atomic E-state index is 16.0. The number of allylic oxidation sites excluding steroid dienone is 4. The minimum absolute atomic E-state index is 0.0826. The topological polar surface area (TPSA) is 85.1 Å². The standard InChI is InChI=1S/C55H65N3O4/c1-33-18-19-45-50-41-22-23-53-47(21-20-44(38-12-3-4-13-38)57-29-36-26-37(30-57)32-58(45)31-36)61-52(60)54(53)43(41)28-40(48(33)50)27-35-11-6-10-34(25-35)9-2-5-17-46(54)55(53)42-16-7-14-39(15-8-24-56)49(42)51(59)62-55/h6-7,10-11,14,16,19,21,25,28,33,36-38,44,46,48,50H,2-5,8-9,12-13,15,17-18,20,22-24,26-27,29-32,56H2,1H3/b47-21+/t33-,36-,37+,44+,46-,48-,50+,53+,54-,55+/m0/s1. The number of carbonyl (C=O) groups is 2. The highest BCUT2D eigenvalue weighted by molar-refractivity contribution is 6.00. The van der Waals surface area contributed by atoms with E-state index in [1.165, 1.54) is 60.0 Å². The second-order valence-corrected chi connectivity index (χ2v) is 22.0. The molecule has 13 bridgehead atoms. The molecule has 7 heteroatoms. The third kappa shape index (κ3) is 4.96. The van der Waals surface area contributed by atoms with Gasteiger partial charge in [-0.15, -0.1) is 0 Å². The Kier molecular flexibility index (Phi) is 8.71. The van der Waals surface area contributed by atoms with Gasteiger partial charge in [-0.3, -0.25) is 9.69 Å². The van der Waals surface area contributed by atoms with Gasteiger partial charge in [-0.05, 0) is 148 Å². The van der Waals surface area contributed by atoms with Crippen molar-refractivity contribution in [3.8, 4) is 0 Å². The second kappa shape index (κ2) is 14.0. The summed E-state index contributed by atoms with van der Waals surface area (Å²) in [6.45, 7) is 7.65. The third-order valence-corrected chi connectivity index (χ3v) is 19.1. The van der Waals surface area contributed by atoms with Gasteiger partial charge < -0.3 is 20.1 Å². The monoisotopic (exact) mass is 831 g/mol. The van der Waals surface area contributed by atoms with Crippen molar-refractivity contribution >= 4 is 11.9 Å². The number of esters is 2. The summed E-state index contributed by atoms with van der Waals surface area (Å²) < 4.78 is 14.4. The molecule has 2 aromatic carbocycles. The second-order valence-electron chi connectivity index (χ2n) is 22.0. The Morgan fingerprint density at radius 1 is 0.887 bits per heavy atom. The van der Waals surface area contributed by atoms with Gasteiger partial charge in [0.25, 0.3) is 0 Å². The molecule has 2 N–H and O–H groups in total. The van der Waals surface area contributed by atoms with E-state index < -0.39 is 16.4 Å². The lowest BCUT2D eigenvalue weighted by atomic mass is 9.29. The van der Waals surface area contributed by atoms with E-state index in [0.29, 0.717) is 42.2 Å². The van der Waals surface area contributed by atoms with Crippen LogP contribution in [0.2, 0.25) is 0 Å². The molecule has 16 rings (SSSR count). The number of fused-ring (bicyclic) bond motifs is 6. The average molecular weight is 832 g/mol. The number of benzene rings is 2. The van der Waals surface area contributed by atoms with Gasteiger partial charge in [0.15, 0.2) is 5.60 Å². The molecule has 324 valence electrons. The van der Waals surface area contributed by atoms with Crippen molar-refractivity contribution < 1.29 is 19.1 Å². The van der Waals surface area contributed by atoms with E-state index in [4.69, 9.17) is 15.2 Å². The van der Waals surface area contributed by atoms with Gasteiger partial charge in [0.1, 0.15) is 11.2 Å². The van der Waals surface area contributed by atoms with Crippen molar-refractivity contribution in [1.82, 2.24) is 9.80 Å². The Balaban J connectivity index is 1.09. The van der Waals surface area contributed by atoms with Crippen molar-refractivity contribution in [3.05, 3.63) is 117 Å². The highest BCUT2D eigenvalue weighted by Crippen LogP contribution is 2.87. The fourth-order valence-electron chi connectivity index (χ4n) is 17.1. The molecule has 11 atom stereocenters. The van der Waals surface area contributed by atoms with E-state index in [0.717, 1.165) is 119 Å². The molecule has 0 radical (unpaired) electrons. The predicted molar refractivity (Wildman–Crippen MR) is 239 cm³/mol. The summed E-state index contributed by atoms with van der Waals surface area (Å²) in [5.74, 6) is 3.35. The zero-order valence-corrected chi connectivity index (χ0v) is 36.8. The van der Waals surface area contributed by atoms with Crippen molar-refractivity contribution in [3.63, 3.8) is 0 Å². The number of aryl methyl sites for hydroxylation is 2. The Bertz CT molecular complexity index is 2370. The van der Waals surface area contributed by atoms with Gasteiger partial charge in [-0.1, -0.05) is 91.9 Å². The Labute approximate surface area is 368 Å². The molecule has 3 saturated heterocycles. The number of hydrogen-bond donors (Lipinski definition) is 1. The SMILES string of the molecule is C[C@H]1CC=C2[C@H]3C4=C5C=C(Cc6cccc(c6)CCCC[C@H]6[C@]57C(=O)O/C(=C/C[C@H](C5CCCC5)N5C[C@@H]8C[C@@H](CN2C8)C5)[C@@]7(CC4)[C@]62OC(=O)c4c(CCCN)cccc42)[C@@H]31. The summed E-state index contributed by atoms with van der Waals surface area (Å²) in [4.78, 5) is 36.7. The van der Waals surface area contributed by atoms with Crippen LogP contribution in [0.25, 0.3) is 0 Å². The minimum Gasteiger partial charge on any atom is -0.449 e. The maximum atomic E-state index is 16.0.